The van der Waals surface area contributed by atoms with Gasteiger partial charge in [-0.2, -0.15) is 0 Å². The summed E-state index contributed by atoms with van der Waals surface area (Å²) >= 11 is 0. The Balaban J connectivity index is 1.24. The molecule has 0 aromatic heterocycles. The molecule has 6 heteroatoms. The first-order valence-electron chi connectivity index (χ1n) is 11.3. The minimum atomic E-state index is -0.174. The molecule has 0 radical (unpaired) electrons. The van der Waals surface area contributed by atoms with Crippen molar-refractivity contribution in [2.24, 2.45) is 0 Å². The van der Waals surface area contributed by atoms with Crippen LogP contribution in [0.3, 0.4) is 0 Å². The van der Waals surface area contributed by atoms with Crippen molar-refractivity contribution in [3.63, 3.8) is 0 Å². The summed E-state index contributed by atoms with van der Waals surface area (Å²) < 4.78 is 0. The van der Waals surface area contributed by atoms with Gasteiger partial charge in [-0.15, -0.1) is 0 Å². The van der Waals surface area contributed by atoms with Crippen molar-refractivity contribution in [2.45, 2.75) is 20.0 Å². The molecule has 6 nitrogen and oxygen atoms in total. The van der Waals surface area contributed by atoms with E-state index < -0.39 is 0 Å². The minimum Gasteiger partial charge on any atom is -0.326 e. The zero-order valence-corrected chi connectivity index (χ0v) is 19.0. The topological polar surface area (TPSA) is 64.7 Å². The van der Waals surface area contributed by atoms with Gasteiger partial charge in [-0.25, -0.2) is 0 Å². The standard InChI is InChI=1S/C27H30N4O2/c1-21(32)28-25-13-9-24(10-14-25)27(33)29-26-11-7-23(8-12-26)20-31-17-15-30(16-18-31)19-22-5-3-2-4-6-22/h2-14H,15-20H2,1H3,(H,28,32)(H,29,33). The highest BCUT2D eigenvalue weighted by Crippen LogP contribution is 2.16. The molecule has 170 valence electrons. The molecule has 1 aliphatic rings. The third-order valence-electron chi connectivity index (χ3n) is 5.80. The number of hydrogen-bond donors (Lipinski definition) is 2. The van der Waals surface area contributed by atoms with Crippen LogP contribution in [0.1, 0.15) is 28.4 Å². The van der Waals surface area contributed by atoms with Crippen molar-refractivity contribution in [1.82, 2.24) is 9.80 Å². The summed E-state index contributed by atoms with van der Waals surface area (Å²) in [7, 11) is 0. The van der Waals surface area contributed by atoms with Crippen LogP contribution in [0.25, 0.3) is 0 Å². The van der Waals surface area contributed by atoms with E-state index in [1.807, 2.05) is 12.1 Å². The molecular weight excluding hydrogens is 412 g/mol. The highest BCUT2D eigenvalue weighted by atomic mass is 16.2. The number of hydrogen-bond acceptors (Lipinski definition) is 4. The number of carbonyl (C=O) groups is 2. The molecule has 1 heterocycles. The smallest absolute Gasteiger partial charge is 0.255 e. The van der Waals surface area contributed by atoms with Crippen molar-refractivity contribution >= 4 is 23.2 Å². The Kier molecular flexibility index (Phi) is 7.50. The first-order chi connectivity index (χ1) is 16.0. The van der Waals surface area contributed by atoms with Crippen LogP contribution >= 0.6 is 0 Å². The lowest BCUT2D eigenvalue weighted by molar-refractivity contribution is -0.114. The molecule has 33 heavy (non-hydrogen) atoms. The molecule has 0 bridgehead atoms. The van der Waals surface area contributed by atoms with Crippen molar-refractivity contribution < 1.29 is 9.59 Å². The number of anilines is 2. The van der Waals surface area contributed by atoms with Crippen LogP contribution in [0.4, 0.5) is 11.4 Å². The summed E-state index contributed by atoms with van der Waals surface area (Å²) in [6.07, 6.45) is 0. The molecule has 1 fully saturated rings. The fourth-order valence-electron chi connectivity index (χ4n) is 4.01. The average molecular weight is 443 g/mol. The van der Waals surface area contributed by atoms with E-state index in [0.29, 0.717) is 11.3 Å². The Labute approximate surface area is 195 Å². The normalized spacial score (nSPS) is 14.6. The zero-order valence-electron chi connectivity index (χ0n) is 19.0. The van der Waals surface area contributed by atoms with E-state index in [2.05, 4.69) is 62.9 Å². The van der Waals surface area contributed by atoms with E-state index in [4.69, 9.17) is 0 Å². The van der Waals surface area contributed by atoms with E-state index in [1.54, 1.807) is 24.3 Å². The van der Waals surface area contributed by atoms with E-state index in [9.17, 15) is 9.59 Å². The summed E-state index contributed by atoms with van der Waals surface area (Å²) in [5.41, 5.74) is 4.59. The van der Waals surface area contributed by atoms with Crippen LogP contribution in [0.2, 0.25) is 0 Å². The lowest BCUT2D eigenvalue weighted by Gasteiger charge is -2.34. The molecular formula is C27H30N4O2. The Morgan fingerprint density at radius 2 is 1.15 bits per heavy atom. The first kappa shape index (κ1) is 22.7. The maximum absolute atomic E-state index is 12.5. The minimum absolute atomic E-state index is 0.138. The van der Waals surface area contributed by atoms with Crippen LogP contribution < -0.4 is 10.6 Å². The summed E-state index contributed by atoms with van der Waals surface area (Å²) in [5, 5.41) is 5.63. The van der Waals surface area contributed by atoms with Gasteiger partial charge < -0.3 is 10.6 Å². The molecule has 0 atom stereocenters. The largest absolute Gasteiger partial charge is 0.326 e. The quantitative estimate of drug-likeness (QED) is 0.575. The Bertz CT molecular complexity index is 1060. The van der Waals surface area contributed by atoms with Gasteiger partial charge in [-0.05, 0) is 47.5 Å². The molecule has 2 amide bonds. The Morgan fingerprint density at radius 1 is 0.667 bits per heavy atom. The van der Waals surface area contributed by atoms with Gasteiger partial charge in [0.05, 0.1) is 0 Å². The third-order valence-corrected chi connectivity index (χ3v) is 5.80. The monoisotopic (exact) mass is 442 g/mol. The number of piperazine rings is 1. The lowest BCUT2D eigenvalue weighted by atomic mass is 10.1. The summed E-state index contributed by atoms with van der Waals surface area (Å²) in [6.45, 7) is 7.64. The highest BCUT2D eigenvalue weighted by molar-refractivity contribution is 6.04. The van der Waals surface area contributed by atoms with Crippen molar-refractivity contribution in [1.29, 1.82) is 0 Å². The van der Waals surface area contributed by atoms with Crippen LogP contribution in [0.5, 0.6) is 0 Å². The Hall–Kier alpha value is -3.48. The predicted octanol–water partition coefficient (Wildman–Crippen LogP) is 4.22. The van der Waals surface area contributed by atoms with Gasteiger partial charge in [0, 0.05) is 63.1 Å². The lowest BCUT2D eigenvalue weighted by Crippen LogP contribution is -2.45. The number of rotatable bonds is 7. The number of nitrogens with zero attached hydrogens (tertiary/aromatic N) is 2. The van der Waals surface area contributed by atoms with Gasteiger partial charge in [-0.1, -0.05) is 42.5 Å². The third kappa shape index (κ3) is 6.75. The second-order valence-electron chi connectivity index (χ2n) is 8.45. The van der Waals surface area contributed by atoms with Crippen LogP contribution in [0.15, 0.2) is 78.9 Å². The van der Waals surface area contributed by atoms with Crippen LogP contribution in [0, 0.1) is 0 Å². The fourth-order valence-corrected chi connectivity index (χ4v) is 4.01. The molecule has 0 aliphatic carbocycles. The maximum atomic E-state index is 12.5. The van der Waals surface area contributed by atoms with E-state index >= 15 is 0 Å². The molecule has 2 N–H and O–H groups in total. The van der Waals surface area contributed by atoms with E-state index in [-0.39, 0.29) is 11.8 Å². The highest BCUT2D eigenvalue weighted by Gasteiger charge is 2.17. The second kappa shape index (κ2) is 10.9. The van der Waals surface area contributed by atoms with Crippen molar-refractivity contribution in [2.75, 3.05) is 36.8 Å². The van der Waals surface area contributed by atoms with Gasteiger partial charge in [0.2, 0.25) is 5.91 Å². The van der Waals surface area contributed by atoms with E-state index in [1.165, 1.54) is 18.1 Å². The number of carbonyl (C=O) groups excluding carboxylic acids is 2. The summed E-state index contributed by atoms with van der Waals surface area (Å²) in [5.74, 6) is -0.312. The summed E-state index contributed by atoms with van der Waals surface area (Å²) in [6, 6.07) is 25.5. The van der Waals surface area contributed by atoms with Gasteiger partial charge >= 0.3 is 0 Å². The first-order valence-corrected chi connectivity index (χ1v) is 11.3. The molecule has 1 saturated heterocycles. The predicted molar refractivity (Wildman–Crippen MR) is 132 cm³/mol. The SMILES string of the molecule is CC(=O)Nc1ccc(C(=O)Nc2ccc(CN3CCN(Cc4ccccc4)CC3)cc2)cc1. The average Bonchev–Trinajstić information content (AvgIpc) is 2.82. The zero-order chi connectivity index (χ0) is 23.0. The fraction of sp³-hybridized carbons (Fsp3) is 0.259. The van der Waals surface area contributed by atoms with Crippen molar-refractivity contribution in [3.8, 4) is 0 Å². The summed E-state index contributed by atoms with van der Waals surface area (Å²) in [4.78, 5) is 28.6. The molecule has 0 saturated carbocycles. The van der Waals surface area contributed by atoms with Gasteiger partial charge in [0.25, 0.3) is 5.91 Å². The van der Waals surface area contributed by atoms with E-state index in [0.717, 1.165) is 45.0 Å². The molecule has 4 rings (SSSR count). The maximum Gasteiger partial charge on any atom is 0.255 e. The van der Waals surface area contributed by atoms with Gasteiger partial charge in [0.1, 0.15) is 0 Å². The van der Waals surface area contributed by atoms with Crippen LogP contribution in [-0.4, -0.2) is 47.8 Å². The van der Waals surface area contributed by atoms with Gasteiger partial charge in [0.15, 0.2) is 0 Å². The van der Waals surface area contributed by atoms with Gasteiger partial charge in [-0.3, -0.25) is 19.4 Å². The second-order valence-corrected chi connectivity index (χ2v) is 8.45. The molecule has 3 aromatic rings. The number of benzene rings is 3. The molecule has 0 unspecified atom stereocenters. The molecule has 0 spiro atoms. The molecule has 1 aliphatic heterocycles. The van der Waals surface area contributed by atoms with Crippen molar-refractivity contribution in [3.05, 3.63) is 95.6 Å². The Morgan fingerprint density at radius 3 is 1.70 bits per heavy atom. The molecule has 3 aromatic carbocycles. The van der Waals surface area contributed by atoms with Crippen LogP contribution in [-0.2, 0) is 17.9 Å². The number of nitrogens with one attached hydrogen (secondary N) is 2. The number of amides is 2.